The van der Waals surface area contributed by atoms with Gasteiger partial charge in [-0.3, -0.25) is 9.80 Å². The molecule has 1 aromatic carbocycles. The van der Waals surface area contributed by atoms with Crippen molar-refractivity contribution in [3.05, 3.63) is 35.9 Å². The molecule has 0 aromatic heterocycles. The van der Waals surface area contributed by atoms with E-state index in [0.29, 0.717) is 0 Å². The zero-order chi connectivity index (χ0) is 11.9. The molecule has 0 atom stereocenters. The predicted molar refractivity (Wildman–Crippen MR) is 79.6 cm³/mol. The van der Waals surface area contributed by atoms with Crippen molar-refractivity contribution in [1.82, 2.24) is 9.80 Å². The van der Waals surface area contributed by atoms with Gasteiger partial charge in [-0.1, -0.05) is 41.1 Å². The van der Waals surface area contributed by atoms with Gasteiger partial charge < -0.3 is 0 Å². The summed E-state index contributed by atoms with van der Waals surface area (Å²) in [5, 5.41) is 0. The zero-order valence-electron chi connectivity index (χ0n) is 10.1. The Hall–Kier alpha value is -0.160. The average molecular weight is 268 g/mol. The predicted octanol–water partition coefficient (Wildman–Crippen LogP) is 2.38. The normalized spacial score (nSPS) is 18.4. The van der Waals surface area contributed by atoms with Gasteiger partial charge in [0.1, 0.15) is 0 Å². The highest BCUT2D eigenvalue weighted by molar-refractivity contribution is 8.68. The summed E-state index contributed by atoms with van der Waals surface area (Å²) in [6, 6.07) is 10.7. The summed E-state index contributed by atoms with van der Waals surface area (Å²) in [5.41, 5.74) is 1.42. The lowest BCUT2D eigenvalue weighted by atomic mass is 10.2. The third-order valence-corrected chi connectivity index (χ3v) is 4.13. The Bertz CT molecular complexity index is 310. The lowest BCUT2D eigenvalue weighted by Gasteiger charge is -2.34. The van der Waals surface area contributed by atoms with Crippen LogP contribution in [0.2, 0.25) is 0 Å². The summed E-state index contributed by atoms with van der Waals surface area (Å²) in [7, 11) is 1.64. The molecule has 0 aliphatic carbocycles. The summed E-state index contributed by atoms with van der Waals surface area (Å²) in [6.07, 6.45) is 0. The fraction of sp³-hybridized carbons (Fsp3) is 0.538. The minimum Gasteiger partial charge on any atom is -0.300 e. The molecule has 0 radical (unpaired) electrons. The van der Waals surface area contributed by atoms with Crippen molar-refractivity contribution in [3.63, 3.8) is 0 Å². The molecule has 4 heteroatoms. The van der Waals surface area contributed by atoms with E-state index in [4.69, 9.17) is 0 Å². The molecular formula is C13H20N2S2. The first kappa shape index (κ1) is 13.3. The Kier molecular flexibility index (Phi) is 5.71. The average Bonchev–Trinajstić information content (AvgIpc) is 2.39. The van der Waals surface area contributed by atoms with Gasteiger partial charge in [0.15, 0.2) is 0 Å². The summed E-state index contributed by atoms with van der Waals surface area (Å²) < 4.78 is 0. The van der Waals surface area contributed by atoms with Crippen LogP contribution in [0.15, 0.2) is 30.3 Å². The van der Waals surface area contributed by atoms with Crippen molar-refractivity contribution >= 4 is 22.5 Å². The molecule has 1 heterocycles. The molecule has 1 saturated heterocycles. The van der Waals surface area contributed by atoms with Gasteiger partial charge in [0.2, 0.25) is 0 Å². The largest absolute Gasteiger partial charge is 0.300 e. The summed E-state index contributed by atoms with van der Waals surface area (Å²) in [4.78, 5) is 5.07. The molecule has 17 heavy (non-hydrogen) atoms. The Morgan fingerprint density at radius 3 is 2.29 bits per heavy atom. The van der Waals surface area contributed by atoms with Crippen molar-refractivity contribution in [2.45, 2.75) is 6.54 Å². The molecule has 0 bridgehead atoms. The smallest absolute Gasteiger partial charge is 0.0234 e. The minimum atomic E-state index is 1.09. The van der Waals surface area contributed by atoms with Crippen LogP contribution in [0.1, 0.15) is 5.56 Å². The SMILES string of the molecule is SSCCN1CCN(Cc2ccccc2)CC1. The third kappa shape index (κ3) is 4.54. The van der Waals surface area contributed by atoms with E-state index in [-0.39, 0.29) is 0 Å². The first-order valence-corrected chi connectivity index (χ1v) is 8.17. The highest BCUT2D eigenvalue weighted by Crippen LogP contribution is 2.10. The maximum atomic E-state index is 4.18. The molecule has 1 aliphatic heterocycles. The quantitative estimate of drug-likeness (QED) is 0.647. The Labute approximate surface area is 113 Å². The fourth-order valence-electron chi connectivity index (χ4n) is 2.18. The van der Waals surface area contributed by atoms with E-state index in [2.05, 4.69) is 51.8 Å². The van der Waals surface area contributed by atoms with E-state index in [1.807, 2.05) is 0 Å². The highest BCUT2D eigenvalue weighted by atomic mass is 33.1. The standard InChI is InChI=1S/C13H20N2S2/c16-17-11-10-14-6-8-15(9-7-14)12-13-4-2-1-3-5-13/h1-5,16H,6-12H2. The van der Waals surface area contributed by atoms with Crippen LogP contribution < -0.4 is 0 Å². The van der Waals surface area contributed by atoms with Crippen molar-refractivity contribution in [2.24, 2.45) is 0 Å². The van der Waals surface area contributed by atoms with Crippen molar-refractivity contribution in [2.75, 3.05) is 38.5 Å². The number of hydrogen-bond acceptors (Lipinski definition) is 4. The molecule has 2 nitrogen and oxygen atoms in total. The number of benzene rings is 1. The Morgan fingerprint density at radius 2 is 1.65 bits per heavy atom. The van der Waals surface area contributed by atoms with Crippen molar-refractivity contribution < 1.29 is 0 Å². The van der Waals surface area contributed by atoms with E-state index < -0.39 is 0 Å². The second-order valence-electron chi connectivity index (χ2n) is 4.44. The van der Waals surface area contributed by atoms with E-state index in [1.54, 1.807) is 10.8 Å². The maximum Gasteiger partial charge on any atom is 0.0234 e. The number of piperazine rings is 1. The van der Waals surface area contributed by atoms with Gasteiger partial charge in [0.05, 0.1) is 0 Å². The molecule has 0 amide bonds. The van der Waals surface area contributed by atoms with Crippen LogP contribution in [0, 0.1) is 0 Å². The lowest BCUT2D eigenvalue weighted by molar-refractivity contribution is 0.133. The molecule has 0 unspecified atom stereocenters. The maximum absolute atomic E-state index is 4.18. The molecule has 1 aliphatic rings. The Morgan fingerprint density at radius 1 is 1.00 bits per heavy atom. The molecule has 1 aromatic rings. The van der Waals surface area contributed by atoms with E-state index >= 15 is 0 Å². The Balaban J connectivity index is 1.72. The highest BCUT2D eigenvalue weighted by Gasteiger charge is 2.16. The first-order chi connectivity index (χ1) is 8.38. The van der Waals surface area contributed by atoms with Gasteiger partial charge in [-0.05, 0) is 5.56 Å². The van der Waals surface area contributed by atoms with Crippen LogP contribution in [0.3, 0.4) is 0 Å². The second kappa shape index (κ2) is 7.31. The molecule has 0 spiro atoms. The van der Waals surface area contributed by atoms with E-state index in [9.17, 15) is 0 Å². The monoisotopic (exact) mass is 268 g/mol. The summed E-state index contributed by atoms with van der Waals surface area (Å²) >= 11 is 4.18. The molecule has 2 rings (SSSR count). The lowest BCUT2D eigenvalue weighted by Crippen LogP contribution is -2.46. The van der Waals surface area contributed by atoms with Gasteiger partial charge >= 0.3 is 0 Å². The van der Waals surface area contributed by atoms with Gasteiger partial charge in [0, 0.05) is 45.0 Å². The zero-order valence-corrected chi connectivity index (χ0v) is 11.8. The van der Waals surface area contributed by atoms with Crippen LogP contribution in [0.5, 0.6) is 0 Å². The third-order valence-electron chi connectivity index (χ3n) is 3.21. The van der Waals surface area contributed by atoms with Crippen LogP contribution >= 0.6 is 22.5 Å². The fourth-order valence-corrected chi connectivity index (χ4v) is 2.77. The number of nitrogens with zero attached hydrogens (tertiary/aromatic N) is 2. The molecule has 94 valence electrons. The number of rotatable bonds is 5. The molecule has 0 N–H and O–H groups in total. The van der Waals surface area contributed by atoms with Crippen LogP contribution in [-0.2, 0) is 6.54 Å². The van der Waals surface area contributed by atoms with Gasteiger partial charge in [-0.25, -0.2) is 0 Å². The van der Waals surface area contributed by atoms with Gasteiger partial charge in [-0.2, -0.15) is 0 Å². The summed E-state index contributed by atoms with van der Waals surface area (Å²) in [5.74, 6) is 1.13. The van der Waals surface area contributed by atoms with Gasteiger partial charge in [0.25, 0.3) is 0 Å². The van der Waals surface area contributed by atoms with Crippen LogP contribution in [0.4, 0.5) is 0 Å². The summed E-state index contributed by atoms with van der Waals surface area (Å²) in [6.45, 7) is 7.03. The molecular weight excluding hydrogens is 248 g/mol. The number of thiol groups is 1. The van der Waals surface area contributed by atoms with Crippen LogP contribution in [-0.4, -0.2) is 48.3 Å². The van der Waals surface area contributed by atoms with Gasteiger partial charge in [-0.15, -0.1) is 11.7 Å². The van der Waals surface area contributed by atoms with Crippen molar-refractivity contribution in [3.8, 4) is 0 Å². The number of hydrogen-bond donors (Lipinski definition) is 1. The second-order valence-corrected chi connectivity index (χ2v) is 5.88. The molecule has 1 fully saturated rings. The topological polar surface area (TPSA) is 6.48 Å². The minimum absolute atomic E-state index is 1.09. The van der Waals surface area contributed by atoms with Crippen LogP contribution in [0.25, 0.3) is 0 Å². The molecule has 0 saturated carbocycles. The van der Waals surface area contributed by atoms with E-state index in [1.165, 1.54) is 38.3 Å². The van der Waals surface area contributed by atoms with E-state index in [0.717, 1.165) is 12.3 Å². The van der Waals surface area contributed by atoms with Crippen molar-refractivity contribution in [1.29, 1.82) is 0 Å². The first-order valence-electron chi connectivity index (χ1n) is 6.13.